The highest BCUT2D eigenvalue weighted by molar-refractivity contribution is 9.13. The van der Waals surface area contributed by atoms with E-state index in [4.69, 9.17) is 17.6 Å². The molecule has 0 amide bonds. The molecule has 0 bridgehead atoms. The van der Waals surface area contributed by atoms with Gasteiger partial charge in [-0.25, -0.2) is 0 Å². The van der Waals surface area contributed by atoms with Crippen LogP contribution in [0.4, 0.5) is 0 Å². The van der Waals surface area contributed by atoms with Gasteiger partial charge in [-0.05, 0) is 18.7 Å². The SMILES string of the molecule is C#CC1CSS(=S)S1. The lowest BCUT2D eigenvalue weighted by molar-refractivity contribution is 1.35. The zero-order valence-corrected chi connectivity index (χ0v) is 7.26. The third kappa shape index (κ3) is 1.66. The Morgan fingerprint density at radius 1 is 1.88 bits per heavy atom. The Hall–Kier alpha value is 0.830. The summed E-state index contributed by atoms with van der Waals surface area (Å²) in [5, 5.41) is 0.390. The van der Waals surface area contributed by atoms with Crippen LogP contribution in [0.15, 0.2) is 0 Å². The van der Waals surface area contributed by atoms with E-state index >= 15 is 0 Å². The van der Waals surface area contributed by atoms with Crippen LogP contribution in [-0.4, -0.2) is 11.0 Å². The maximum atomic E-state index is 5.17. The molecule has 0 spiro atoms. The van der Waals surface area contributed by atoms with E-state index in [1.807, 2.05) is 0 Å². The van der Waals surface area contributed by atoms with Crippen molar-refractivity contribution in [1.29, 1.82) is 0 Å². The molecule has 0 aromatic rings. The molecule has 1 aliphatic heterocycles. The Morgan fingerprint density at radius 3 is 2.88 bits per heavy atom. The Balaban J connectivity index is 2.47. The van der Waals surface area contributed by atoms with E-state index in [2.05, 4.69) is 5.92 Å². The van der Waals surface area contributed by atoms with E-state index in [1.54, 1.807) is 21.6 Å². The van der Waals surface area contributed by atoms with Crippen LogP contribution in [-0.2, 0) is 18.7 Å². The van der Waals surface area contributed by atoms with Gasteiger partial charge in [0, 0.05) is 5.75 Å². The van der Waals surface area contributed by atoms with Gasteiger partial charge in [-0.1, -0.05) is 27.5 Å². The van der Waals surface area contributed by atoms with Crippen LogP contribution in [0.2, 0.25) is 0 Å². The molecule has 2 unspecified atom stereocenters. The molecule has 0 aromatic carbocycles. The van der Waals surface area contributed by atoms with E-state index in [1.165, 1.54) is 0 Å². The molecule has 1 saturated heterocycles. The highest BCUT2D eigenvalue weighted by Gasteiger charge is 2.16. The van der Waals surface area contributed by atoms with Gasteiger partial charge in [-0.15, -0.1) is 6.42 Å². The second kappa shape index (κ2) is 3.11. The molecule has 1 fully saturated rings. The van der Waals surface area contributed by atoms with Crippen LogP contribution in [0.25, 0.3) is 0 Å². The Kier molecular flexibility index (Phi) is 2.70. The molecule has 44 valence electrons. The first-order valence-electron chi connectivity index (χ1n) is 2.01. The van der Waals surface area contributed by atoms with Gasteiger partial charge in [0.1, 0.15) is 0 Å². The quantitative estimate of drug-likeness (QED) is 0.408. The largest absolute Gasteiger partial charge is 0.119 e. The van der Waals surface area contributed by atoms with Crippen molar-refractivity contribution >= 4 is 40.3 Å². The molecule has 2 atom stereocenters. The molecule has 0 aromatic heterocycles. The van der Waals surface area contributed by atoms with E-state index in [0.29, 0.717) is 5.25 Å². The summed E-state index contributed by atoms with van der Waals surface area (Å²) in [5.74, 6) is 3.73. The first-order chi connectivity index (χ1) is 3.83. The topological polar surface area (TPSA) is 0 Å². The minimum absolute atomic E-state index is 0.0714. The standard InChI is InChI=1S/C4H4S4/c1-2-4-3-6-8(5)7-4/h1,4H,3H2. The summed E-state index contributed by atoms with van der Waals surface area (Å²) >= 11 is 5.00. The Labute approximate surface area is 63.6 Å². The van der Waals surface area contributed by atoms with Crippen molar-refractivity contribution < 1.29 is 0 Å². The lowest BCUT2D eigenvalue weighted by Crippen LogP contribution is -1.92. The number of hydrogen-bond donors (Lipinski definition) is 0. The lowest BCUT2D eigenvalue weighted by Gasteiger charge is -1.89. The van der Waals surface area contributed by atoms with Gasteiger partial charge in [0.15, 0.2) is 0 Å². The molecular weight excluding hydrogens is 176 g/mol. The summed E-state index contributed by atoms with van der Waals surface area (Å²) in [6.45, 7) is 0. The van der Waals surface area contributed by atoms with Crippen LogP contribution in [0.1, 0.15) is 0 Å². The average Bonchev–Trinajstić information content (AvgIpc) is 2.14. The van der Waals surface area contributed by atoms with Crippen molar-refractivity contribution in [3.8, 4) is 12.3 Å². The summed E-state index contributed by atoms with van der Waals surface area (Å²) in [4.78, 5) is 0. The van der Waals surface area contributed by atoms with Crippen molar-refractivity contribution in [2.24, 2.45) is 0 Å². The van der Waals surface area contributed by atoms with E-state index in [0.717, 1.165) is 5.75 Å². The van der Waals surface area contributed by atoms with Crippen LogP contribution in [0.5, 0.6) is 0 Å². The molecule has 8 heavy (non-hydrogen) atoms. The molecule has 0 saturated carbocycles. The maximum Gasteiger partial charge on any atom is 0.0867 e. The highest BCUT2D eigenvalue weighted by Crippen LogP contribution is 2.35. The maximum absolute atomic E-state index is 5.17. The smallest absolute Gasteiger partial charge is 0.0867 e. The summed E-state index contributed by atoms with van der Waals surface area (Å²) in [6.07, 6.45) is 5.17. The fourth-order valence-corrected chi connectivity index (χ4v) is 7.01. The highest BCUT2D eigenvalue weighted by atomic mass is 33.7. The predicted octanol–water partition coefficient (Wildman–Crippen LogP) is 1.38. The van der Waals surface area contributed by atoms with Gasteiger partial charge in [0.2, 0.25) is 0 Å². The van der Waals surface area contributed by atoms with Crippen molar-refractivity contribution in [2.45, 2.75) is 5.25 Å². The molecule has 0 N–H and O–H groups in total. The predicted molar refractivity (Wildman–Crippen MR) is 47.4 cm³/mol. The van der Waals surface area contributed by atoms with Gasteiger partial charge in [0.25, 0.3) is 0 Å². The van der Waals surface area contributed by atoms with E-state index < -0.39 is 0 Å². The zero-order chi connectivity index (χ0) is 5.98. The van der Waals surface area contributed by atoms with Crippen molar-refractivity contribution in [2.75, 3.05) is 5.75 Å². The van der Waals surface area contributed by atoms with Gasteiger partial charge < -0.3 is 0 Å². The Bertz CT molecular complexity index is 145. The molecule has 1 aliphatic rings. The van der Waals surface area contributed by atoms with E-state index in [9.17, 15) is 0 Å². The molecular formula is C4H4S4. The third-order valence-electron chi connectivity index (χ3n) is 0.696. The van der Waals surface area contributed by atoms with Crippen molar-refractivity contribution in [3.05, 3.63) is 0 Å². The van der Waals surface area contributed by atoms with Crippen LogP contribution >= 0.6 is 21.6 Å². The number of terminal acetylenes is 1. The molecule has 0 nitrogen and oxygen atoms in total. The summed E-state index contributed by atoms with van der Waals surface area (Å²) in [6, 6.07) is 0. The summed E-state index contributed by atoms with van der Waals surface area (Å²) < 4.78 is 0. The van der Waals surface area contributed by atoms with Crippen molar-refractivity contribution in [3.63, 3.8) is 0 Å². The molecule has 0 radical (unpaired) electrons. The second-order valence-corrected chi connectivity index (χ2v) is 9.16. The molecule has 4 heteroatoms. The molecule has 1 rings (SSSR count). The molecule has 1 heterocycles. The average molecular weight is 180 g/mol. The third-order valence-corrected chi connectivity index (χ3v) is 7.56. The number of hydrogen-bond acceptors (Lipinski definition) is 3. The number of rotatable bonds is 0. The van der Waals surface area contributed by atoms with Crippen LogP contribution < -0.4 is 0 Å². The minimum atomic E-state index is 0.0714. The first kappa shape index (κ1) is 6.94. The van der Waals surface area contributed by atoms with Gasteiger partial charge in [-0.2, -0.15) is 0 Å². The minimum Gasteiger partial charge on any atom is -0.119 e. The van der Waals surface area contributed by atoms with Gasteiger partial charge >= 0.3 is 0 Å². The summed E-state index contributed by atoms with van der Waals surface area (Å²) in [5.41, 5.74) is 0. The van der Waals surface area contributed by atoms with E-state index in [-0.39, 0.29) is 7.52 Å². The van der Waals surface area contributed by atoms with Crippen molar-refractivity contribution in [1.82, 2.24) is 0 Å². The van der Waals surface area contributed by atoms with Gasteiger partial charge in [0.05, 0.1) is 5.25 Å². The first-order valence-corrected chi connectivity index (χ1v) is 7.06. The zero-order valence-electron chi connectivity index (χ0n) is 3.99. The lowest BCUT2D eigenvalue weighted by atomic mass is 10.5. The van der Waals surface area contributed by atoms with Crippen LogP contribution in [0.3, 0.4) is 0 Å². The Morgan fingerprint density at radius 2 is 2.62 bits per heavy atom. The normalized spacial score (nSPS) is 36.9. The molecule has 0 aliphatic carbocycles. The second-order valence-electron chi connectivity index (χ2n) is 1.24. The van der Waals surface area contributed by atoms with Gasteiger partial charge in [-0.3, -0.25) is 0 Å². The fraction of sp³-hybridized carbons (Fsp3) is 0.500. The monoisotopic (exact) mass is 180 g/mol. The van der Waals surface area contributed by atoms with Crippen LogP contribution in [0, 0.1) is 12.3 Å². The summed E-state index contributed by atoms with van der Waals surface area (Å²) in [7, 11) is 3.60. The fourth-order valence-electron chi connectivity index (χ4n) is 0.344.